The van der Waals surface area contributed by atoms with Crippen LogP contribution >= 0.6 is 0 Å². The molecule has 0 aromatic carbocycles. The molecule has 168 valence electrons. The zero-order valence-corrected chi connectivity index (χ0v) is 18.7. The van der Waals surface area contributed by atoms with E-state index in [1.54, 1.807) is 0 Å². The fraction of sp³-hybridized carbons (Fsp3) is 0.957. The quantitative estimate of drug-likeness (QED) is 0.331. The van der Waals surface area contributed by atoms with Crippen molar-refractivity contribution in [2.45, 2.75) is 70.8 Å². The van der Waals surface area contributed by atoms with Crippen molar-refractivity contribution in [2.75, 3.05) is 59.2 Å². The van der Waals surface area contributed by atoms with E-state index in [0.717, 1.165) is 64.2 Å². The summed E-state index contributed by atoms with van der Waals surface area (Å²) >= 11 is 0. The van der Waals surface area contributed by atoms with E-state index in [0.29, 0.717) is 12.0 Å². The number of rotatable bonds is 10. The maximum absolute atomic E-state index is 5.79. The Hall–Kier alpha value is -0.850. The van der Waals surface area contributed by atoms with Crippen LogP contribution in [0.2, 0.25) is 0 Å². The number of hydrogen-bond donors (Lipinski definition) is 2. The van der Waals surface area contributed by atoms with Crippen LogP contribution < -0.4 is 10.6 Å². The second kappa shape index (κ2) is 13.5. The van der Waals surface area contributed by atoms with Gasteiger partial charge in [-0.3, -0.25) is 4.99 Å². The van der Waals surface area contributed by atoms with Gasteiger partial charge in [-0.15, -0.1) is 0 Å². The minimum Gasteiger partial charge on any atom is -0.381 e. The summed E-state index contributed by atoms with van der Waals surface area (Å²) in [6.07, 6.45) is 11.8. The van der Waals surface area contributed by atoms with Gasteiger partial charge in [0.2, 0.25) is 0 Å². The Balaban J connectivity index is 1.28. The van der Waals surface area contributed by atoms with Crippen LogP contribution in [-0.2, 0) is 9.47 Å². The van der Waals surface area contributed by atoms with E-state index < -0.39 is 0 Å². The van der Waals surface area contributed by atoms with Crippen molar-refractivity contribution < 1.29 is 9.47 Å². The molecule has 29 heavy (non-hydrogen) atoms. The maximum Gasteiger partial charge on any atom is 0.191 e. The molecule has 3 fully saturated rings. The molecule has 1 unspecified atom stereocenters. The first kappa shape index (κ1) is 22.8. The van der Waals surface area contributed by atoms with Gasteiger partial charge >= 0.3 is 0 Å². The zero-order chi connectivity index (χ0) is 20.2. The maximum atomic E-state index is 5.79. The van der Waals surface area contributed by atoms with E-state index in [4.69, 9.17) is 14.5 Å². The molecule has 0 spiro atoms. The molecule has 0 bridgehead atoms. The van der Waals surface area contributed by atoms with Crippen molar-refractivity contribution >= 4 is 5.96 Å². The van der Waals surface area contributed by atoms with Gasteiger partial charge in [-0.05, 0) is 51.4 Å². The van der Waals surface area contributed by atoms with Crippen molar-refractivity contribution in [1.82, 2.24) is 15.5 Å². The summed E-state index contributed by atoms with van der Waals surface area (Å²) in [4.78, 5) is 7.47. The van der Waals surface area contributed by atoms with Crippen molar-refractivity contribution in [3.63, 3.8) is 0 Å². The molecule has 2 aliphatic heterocycles. The Morgan fingerprint density at radius 1 is 1.07 bits per heavy atom. The van der Waals surface area contributed by atoms with E-state index in [1.807, 2.05) is 0 Å². The lowest BCUT2D eigenvalue weighted by molar-refractivity contribution is 0.0893. The van der Waals surface area contributed by atoms with Crippen LogP contribution in [0, 0.1) is 11.8 Å². The molecule has 0 amide bonds. The van der Waals surface area contributed by atoms with Crippen LogP contribution in [-0.4, -0.2) is 76.1 Å². The summed E-state index contributed by atoms with van der Waals surface area (Å²) < 4.78 is 11.2. The Kier molecular flexibility index (Phi) is 10.6. The van der Waals surface area contributed by atoms with Crippen LogP contribution in [0.1, 0.15) is 64.7 Å². The van der Waals surface area contributed by atoms with Crippen molar-refractivity contribution in [3.05, 3.63) is 0 Å². The Bertz CT molecular complexity index is 454. The van der Waals surface area contributed by atoms with Gasteiger partial charge in [-0.2, -0.15) is 0 Å². The predicted molar refractivity (Wildman–Crippen MR) is 120 cm³/mol. The SMILES string of the molecule is CCNC(=NCCCOCC1CCOC1)NC1CCN(CC2CCCCC2)CC1. The third kappa shape index (κ3) is 8.81. The third-order valence-electron chi connectivity index (χ3n) is 6.61. The van der Waals surface area contributed by atoms with Gasteiger partial charge in [0.25, 0.3) is 0 Å². The lowest BCUT2D eigenvalue weighted by Gasteiger charge is -2.36. The molecule has 1 atom stereocenters. The van der Waals surface area contributed by atoms with E-state index >= 15 is 0 Å². The fourth-order valence-corrected chi connectivity index (χ4v) is 4.83. The smallest absolute Gasteiger partial charge is 0.191 e. The summed E-state index contributed by atoms with van der Waals surface area (Å²) in [6, 6.07) is 0.550. The average Bonchev–Trinajstić information content (AvgIpc) is 3.26. The molecular weight excluding hydrogens is 364 g/mol. The van der Waals surface area contributed by atoms with E-state index in [9.17, 15) is 0 Å². The zero-order valence-electron chi connectivity index (χ0n) is 18.7. The number of guanidine groups is 1. The number of piperidine rings is 1. The van der Waals surface area contributed by atoms with Crippen LogP contribution in [0.15, 0.2) is 4.99 Å². The third-order valence-corrected chi connectivity index (χ3v) is 6.61. The fourth-order valence-electron chi connectivity index (χ4n) is 4.83. The molecule has 0 radical (unpaired) electrons. The van der Waals surface area contributed by atoms with Crippen molar-refractivity contribution in [2.24, 2.45) is 16.8 Å². The minimum atomic E-state index is 0.550. The number of aliphatic imine (C=N–C) groups is 1. The van der Waals surface area contributed by atoms with Gasteiger partial charge in [0.15, 0.2) is 5.96 Å². The van der Waals surface area contributed by atoms with Crippen LogP contribution in [0.3, 0.4) is 0 Å². The van der Waals surface area contributed by atoms with Crippen molar-refractivity contribution in [1.29, 1.82) is 0 Å². The van der Waals surface area contributed by atoms with Crippen LogP contribution in [0.5, 0.6) is 0 Å². The predicted octanol–water partition coefficient (Wildman–Crippen LogP) is 3.03. The highest BCUT2D eigenvalue weighted by molar-refractivity contribution is 5.80. The van der Waals surface area contributed by atoms with Crippen LogP contribution in [0.25, 0.3) is 0 Å². The first-order chi connectivity index (χ1) is 14.3. The summed E-state index contributed by atoms with van der Waals surface area (Å²) in [5, 5.41) is 7.08. The Labute approximate surface area is 178 Å². The van der Waals surface area contributed by atoms with Gasteiger partial charge in [-0.25, -0.2) is 0 Å². The molecule has 0 aromatic rings. The highest BCUT2D eigenvalue weighted by Crippen LogP contribution is 2.25. The summed E-state index contributed by atoms with van der Waals surface area (Å²) in [5.74, 6) is 2.53. The molecule has 6 heteroatoms. The molecule has 1 aliphatic carbocycles. The Morgan fingerprint density at radius 3 is 2.62 bits per heavy atom. The van der Waals surface area contributed by atoms with Gasteiger partial charge in [0.1, 0.15) is 0 Å². The number of nitrogens with one attached hydrogen (secondary N) is 2. The largest absolute Gasteiger partial charge is 0.381 e. The second-order valence-corrected chi connectivity index (χ2v) is 9.14. The molecule has 2 heterocycles. The number of ether oxygens (including phenoxy) is 2. The molecule has 2 N–H and O–H groups in total. The van der Waals surface area contributed by atoms with Gasteiger partial charge in [0.05, 0.1) is 13.2 Å². The van der Waals surface area contributed by atoms with Gasteiger partial charge < -0.3 is 25.0 Å². The molecule has 3 aliphatic rings. The lowest BCUT2D eigenvalue weighted by Crippen LogP contribution is -2.49. The number of hydrogen-bond acceptors (Lipinski definition) is 4. The number of nitrogens with zero attached hydrogens (tertiary/aromatic N) is 2. The first-order valence-electron chi connectivity index (χ1n) is 12.3. The second-order valence-electron chi connectivity index (χ2n) is 9.14. The van der Waals surface area contributed by atoms with E-state index in [-0.39, 0.29) is 0 Å². The molecule has 0 aromatic heterocycles. The topological polar surface area (TPSA) is 58.1 Å². The van der Waals surface area contributed by atoms with Gasteiger partial charge in [0, 0.05) is 57.9 Å². The summed E-state index contributed by atoms with van der Waals surface area (Å²) in [6.45, 7) is 11.0. The van der Waals surface area contributed by atoms with Crippen LogP contribution in [0.4, 0.5) is 0 Å². The summed E-state index contributed by atoms with van der Waals surface area (Å²) in [5.41, 5.74) is 0. The molecule has 2 saturated heterocycles. The average molecular weight is 409 g/mol. The molecule has 3 rings (SSSR count). The minimum absolute atomic E-state index is 0.550. The van der Waals surface area contributed by atoms with E-state index in [2.05, 4.69) is 22.5 Å². The summed E-state index contributed by atoms with van der Waals surface area (Å²) in [7, 11) is 0. The Morgan fingerprint density at radius 2 is 1.90 bits per heavy atom. The van der Waals surface area contributed by atoms with Gasteiger partial charge in [-0.1, -0.05) is 19.3 Å². The highest BCUT2D eigenvalue weighted by atomic mass is 16.5. The molecule has 1 saturated carbocycles. The monoisotopic (exact) mass is 408 g/mol. The highest BCUT2D eigenvalue weighted by Gasteiger charge is 2.23. The normalized spacial score (nSPS) is 25.4. The standard InChI is InChI=1S/C23H44N4O2/c1-2-24-23(25-12-6-15-28-18-21-11-16-29-19-21)26-22-9-13-27(14-10-22)17-20-7-4-3-5-8-20/h20-22H,2-19H2,1H3,(H2,24,25,26). The van der Waals surface area contributed by atoms with E-state index in [1.165, 1.54) is 64.6 Å². The molecular formula is C23H44N4O2. The van der Waals surface area contributed by atoms with Crippen molar-refractivity contribution in [3.8, 4) is 0 Å². The molecule has 6 nitrogen and oxygen atoms in total. The lowest BCUT2D eigenvalue weighted by atomic mass is 9.88. The number of likely N-dealkylation sites (tertiary alicyclic amines) is 1. The first-order valence-corrected chi connectivity index (χ1v) is 12.3.